The zero-order chi connectivity index (χ0) is 31.4. The van der Waals surface area contributed by atoms with Gasteiger partial charge in [0.2, 0.25) is 17.6 Å². The molecule has 4 N–H and O–H groups in total. The lowest BCUT2D eigenvalue weighted by molar-refractivity contribution is -0.144. The molecule has 2 rings (SSSR count). The Morgan fingerprint density at radius 2 is 1.68 bits per heavy atom. The van der Waals surface area contributed by atoms with E-state index >= 15 is 0 Å². The maximum Gasteiger partial charge on any atom is 0.315 e. The normalized spacial score (nSPS) is 18.4. The summed E-state index contributed by atoms with van der Waals surface area (Å²) in [5.41, 5.74) is -0.431. The van der Waals surface area contributed by atoms with E-state index in [2.05, 4.69) is 47.6 Å². The van der Waals surface area contributed by atoms with Gasteiger partial charge < -0.3 is 26.2 Å². The van der Waals surface area contributed by atoms with Gasteiger partial charge in [0.1, 0.15) is 12.1 Å². The van der Waals surface area contributed by atoms with Crippen molar-refractivity contribution < 1.29 is 24.0 Å². The molecule has 0 aromatic rings. The minimum atomic E-state index is -1.11. The molecular weight excluding hydrogens is 522 g/mol. The summed E-state index contributed by atoms with van der Waals surface area (Å²) < 4.78 is 0. The van der Waals surface area contributed by atoms with Gasteiger partial charge in [-0.2, -0.15) is 0 Å². The van der Waals surface area contributed by atoms with Gasteiger partial charge in [-0.05, 0) is 37.5 Å². The Balaban J connectivity index is 0.00000299. The van der Waals surface area contributed by atoms with Crippen LogP contribution >= 0.6 is 0 Å². The van der Waals surface area contributed by atoms with E-state index in [4.69, 9.17) is 6.42 Å². The van der Waals surface area contributed by atoms with E-state index in [-0.39, 0.29) is 25.3 Å². The quantitative estimate of drug-likeness (QED) is 0.170. The molecule has 41 heavy (non-hydrogen) atoms. The summed E-state index contributed by atoms with van der Waals surface area (Å²) in [6, 6.07) is -3.15. The lowest BCUT2D eigenvalue weighted by atomic mass is 9.70. The van der Waals surface area contributed by atoms with E-state index in [0.717, 1.165) is 32.1 Å². The summed E-state index contributed by atoms with van der Waals surface area (Å²) in [7, 11) is 1.49. The Morgan fingerprint density at radius 1 is 1.07 bits per heavy atom. The van der Waals surface area contributed by atoms with E-state index in [1.54, 1.807) is 0 Å². The number of Topliss-reactive ketones (excluding diaryl/α,β-unsaturated/α-hetero) is 1. The van der Waals surface area contributed by atoms with Crippen LogP contribution in [0.4, 0.5) is 4.79 Å². The number of ketones is 1. The standard InChI is InChI=1S/C26H39N5O5.C3H8.C2H6/c1-5-7-12-18(20(32)23(34)28-16-6-2)29-22(33)19-13-11-17-31(19)24(35)21(30-25(36)27-4)26(3)14-9-8-10-15-26;1-3-2;1-2/h1,6,18-19,21H,2,7-17H2,3-4H3,(H,28,34)(H,29,33)(H2,27,30,36);3H2,1-2H3;1-2H3. The molecule has 3 atom stereocenters. The van der Waals surface area contributed by atoms with Gasteiger partial charge >= 0.3 is 6.03 Å². The molecule has 0 aromatic carbocycles. The monoisotopic (exact) mass is 575 g/mol. The van der Waals surface area contributed by atoms with Crippen molar-refractivity contribution in [3.8, 4) is 12.3 Å². The van der Waals surface area contributed by atoms with Gasteiger partial charge in [0.15, 0.2) is 0 Å². The van der Waals surface area contributed by atoms with E-state index in [9.17, 15) is 24.0 Å². The fourth-order valence-electron chi connectivity index (χ4n) is 5.03. The van der Waals surface area contributed by atoms with Gasteiger partial charge in [-0.25, -0.2) is 4.79 Å². The number of hydrogen-bond acceptors (Lipinski definition) is 5. The first-order valence-electron chi connectivity index (χ1n) is 15.1. The van der Waals surface area contributed by atoms with Crippen LogP contribution in [0.15, 0.2) is 12.7 Å². The second-order valence-corrected chi connectivity index (χ2v) is 10.4. The Kier molecular flexibility index (Phi) is 18.8. The number of rotatable bonds is 11. The largest absolute Gasteiger partial charge is 0.346 e. The lowest BCUT2D eigenvalue weighted by Crippen LogP contribution is -2.61. The highest BCUT2D eigenvalue weighted by molar-refractivity contribution is 6.38. The zero-order valence-electron chi connectivity index (χ0n) is 26.1. The van der Waals surface area contributed by atoms with Gasteiger partial charge in [0.25, 0.3) is 5.91 Å². The Hall–Kier alpha value is -3.35. The highest BCUT2D eigenvalue weighted by Crippen LogP contribution is 2.40. The third kappa shape index (κ3) is 12.0. The number of terminal acetylenes is 1. The van der Waals surface area contributed by atoms with Crippen LogP contribution in [0, 0.1) is 17.8 Å². The third-order valence-electron chi connectivity index (χ3n) is 7.12. The molecule has 3 unspecified atom stereocenters. The summed E-state index contributed by atoms with van der Waals surface area (Å²) in [4.78, 5) is 65.6. The number of nitrogens with zero attached hydrogens (tertiary/aromatic N) is 1. The minimum Gasteiger partial charge on any atom is -0.346 e. The van der Waals surface area contributed by atoms with Gasteiger partial charge in [-0.1, -0.05) is 66.4 Å². The lowest BCUT2D eigenvalue weighted by Gasteiger charge is -2.42. The van der Waals surface area contributed by atoms with E-state index in [0.29, 0.717) is 19.4 Å². The number of likely N-dealkylation sites (tertiary alicyclic amines) is 1. The van der Waals surface area contributed by atoms with Crippen molar-refractivity contribution in [2.45, 2.75) is 117 Å². The molecule has 5 amide bonds. The zero-order valence-corrected chi connectivity index (χ0v) is 26.1. The van der Waals surface area contributed by atoms with Gasteiger partial charge in [-0.15, -0.1) is 18.9 Å². The van der Waals surface area contributed by atoms with Crippen molar-refractivity contribution in [2.24, 2.45) is 5.41 Å². The van der Waals surface area contributed by atoms with E-state index < -0.39 is 47.2 Å². The molecule has 0 bridgehead atoms. The highest BCUT2D eigenvalue weighted by Gasteiger charge is 2.46. The summed E-state index contributed by atoms with van der Waals surface area (Å²) in [6.45, 7) is 14.2. The number of amides is 5. The number of nitrogens with one attached hydrogen (secondary N) is 4. The Labute approximate surface area is 247 Å². The Morgan fingerprint density at radius 3 is 2.22 bits per heavy atom. The molecule has 1 saturated heterocycles. The molecule has 1 aliphatic carbocycles. The molecule has 10 nitrogen and oxygen atoms in total. The van der Waals surface area contributed by atoms with Crippen molar-refractivity contribution in [2.75, 3.05) is 20.1 Å². The molecular formula is C31H53N5O5. The molecule has 1 saturated carbocycles. The van der Waals surface area contributed by atoms with Crippen LogP contribution in [0.1, 0.15) is 98.8 Å². The van der Waals surface area contributed by atoms with Crippen LogP contribution in [0.2, 0.25) is 0 Å². The Bertz CT molecular complexity index is 907. The first-order valence-corrected chi connectivity index (χ1v) is 15.1. The van der Waals surface area contributed by atoms with E-state index in [1.807, 2.05) is 20.8 Å². The van der Waals surface area contributed by atoms with Gasteiger partial charge in [-0.3, -0.25) is 19.2 Å². The smallest absolute Gasteiger partial charge is 0.315 e. The van der Waals surface area contributed by atoms with Crippen LogP contribution in [0.3, 0.4) is 0 Å². The molecule has 1 aliphatic heterocycles. The molecule has 0 spiro atoms. The molecule has 0 radical (unpaired) electrons. The fourth-order valence-corrected chi connectivity index (χ4v) is 5.03. The predicted molar refractivity (Wildman–Crippen MR) is 163 cm³/mol. The fraction of sp³-hybridized carbons (Fsp3) is 0.710. The first-order chi connectivity index (χ1) is 19.6. The van der Waals surface area contributed by atoms with Crippen molar-refractivity contribution in [1.29, 1.82) is 0 Å². The van der Waals surface area contributed by atoms with Gasteiger partial charge in [0, 0.05) is 26.6 Å². The molecule has 232 valence electrons. The van der Waals surface area contributed by atoms with Crippen molar-refractivity contribution in [3.63, 3.8) is 0 Å². The SMILES string of the molecule is C#CCCC(NC(=O)C1CCCN1C(=O)C(NC(=O)NC)C1(C)CCCCC1)C(=O)C(=O)NCC=C.CC.CCC. The maximum atomic E-state index is 13.8. The van der Waals surface area contributed by atoms with Crippen molar-refractivity contribution in [1.82, 2.24) is 26.2 Å². The minimum absolute atomic E-state index is 0.0994. The van der Waals surface area contributed by atoms with Gasteiger partial charge in [0.05, 0.1) is 6.04 Å². The van der Waals surface area contributed by atoms with Crippen LogP contribution in [-0.2, 0) is 19.2 Å². The maximum absolute atomic E-state index is 13.8. The van der Waals surface area contributed by atoms with Crippen molar-refractivity contribution in [3.05, 3.63) is 12.7 Å². The number of carbonyl (C=O) groups excluding carboxylic acids is 5. The summed E-state index contributed by atoms with van der Waals surface area (Å²) >= 11 is 0. The molecule has 1 heterocycles. The number of carbonyl (C=O) groups is 5. The second kappa shape index (κ2) is 20.5. The van der Waals surface area contributed by atoms with Crippen LogP contribution < -0.4 is 21.3 Å². The summed E-state index contributed by atoms with van der Waals surface area (Å²) in [5.74, 6) is -0.0382. The molecule has 2 fully saturated rings. The number of urea groups is 1. The van der Waals surface area contributed by atoms with Crippen LogP contribution in [0.25, 0.3) is 0 Å². The second-order valence-electron chi connectivity index (χ2n) is 10.4. The van der Waals surface area contributed by atoms with Crippen LogP contribution in [0.5, 0.6) is 0 Å². The summed E-state index contributed by atoms with van der Waals surface area (Å²) in [5, 5.41) is 10.4. The van der Waals surface area contributed by atoms with Crippen molar-refractivity contribution >= 4 is 29.5 Å². The third-order valence-corrected chi connectivity index (χ3v) is 7.12. The number of hydrogen-bond donors (Lipinski definition) is 4. The first kappa shape index (κ1) is 37.6. The van der Waals surface area contributed by atoms with E-state index in [1.165, 1.54) is 24.4 Å². The molecule has 10 heteroatoms. The van der Waals surface area contributed by atoms with Crippen LogP contribution in [-0.4, -0.2) is 72.7 Å². The summed E-state index contributed by atoms with van der Waals surface area (Å²) in [6.07, 6.45) is 13.9. The predicted octanol–water partition coefficient (Wildman–Crippen LogP) is 3.46. The highest BCUT2D eigenvalue weighted by atomic mass is 16.2. The average molecular weight is 576 g/mol. The average Bonchev–Trinajstić information content (AvgIpc) is 3.48. The molecule has 0 aromatic heterocycles. The topological polar surface area (TPSA) is 137 Å². The molecule has 2 aliphatic rings.